The molecule has 0 atom stereocenters. The molecule has 1 N–H and O–H groups in total. The zero-order valence-electron chi connectivity index (χ0n) is 15.7. The summed E-state index contributed by atoms with van der Waals surface area (Å²) in [4.78, 5) is 27.0. The number of thiophene rings is 1. The predicted molar refractivity (Wildman–Crippen MR) is 116 cm³/mol. The highest BCUT2D eigenvalue weighted by Crippen LogP contribution is 2.36. The molecule has 0 saturated heterocycles. The van der Waals surface area contributed by atoms with Crippen LogP contribution in [0, 0.1) is 0 Å². The van der Waals surface area contributed by atoms with Gasteiger partial charge in [-0.25, -0.2) is 4.79 Å². The lowest BCUT2D eigenvalue weighted by Gasteiger charge is -2.18. The number of benzene rings is 1. The molecule has 1 amide bonds. The molecular weight excluding hydrogens is 396 g/mol. The van der Waals surface area contributed by atoms with Gasteiger partial charge in [-0.3, -0.25) is 9.69 Å². The monoisotopic (exact) mass is 418 g/mol. The van der Waals surface area contributed by atoms with Gasteiger partial charge in [-0.15, -0.1) is 24.5 Å². The van der Waals surface area contributed by atoms with Crippen molar-refractivity contribution in [1.29, 1.82) is 0 Å². The molecule has 1 aromatic heterocycles. The topological polar surface area (TPSA) is 58.6 Å². The molecule has 0 saturated carbocycles. The highest BCUT2D eigenvalue weighted by Gasteiger charge is 2.23. The van der Waals surface area contributed by atoms with Gasteiger partial charge in [0.25, 0.3) is 0 Å². The lowest BCUT2D eigenvalue weighted by atomic mass is 10.0. The lowest BCUT2D eigenvalue weighted by molar-refractivity contribution is -0.117. The van der Waals surface area contributed by atoms with Gasteiger partial charge in [0.1, 0.15) is 10.6 Å². The number of nitrogens with zero attached hydrogens (tertiary/aromatic N) is 1. The SMILES string of the molecule is C=CCN(CC=C)CC(=O)Nc1scc(-c2ccc(Cl)cc2)c1C(=O)OCC. The van der Waals surface area contributed by atoms with Crippen molar-refractivity contribution in [3.05, 3.63) is 65.5 Å². The molecular formula is C21H23ClN2O3S. The van der Waals surface area contributed by atoms with Crippen LogP contribution in [0.3, 0.4) is 0 Å². The number of hydrogen-bond donors (Lipinski definition) is 1. The van der Waals surface area contributed by atoms with Crippen molar-refractivity contribution in [2.45, 2.75) is 6.92 Å². The summed E-state index contributed by atoms with van der Waals surface area (Å²) in [5, 5.41) is 5.74. The number of carbonyl (C=O) groups excluding carboxylic acids is 2. The van der Waals surface area contributed by atoms with E-state index in [1.54, 1.807) is 31.2 Å². The van der Waals surface area contributed by atoms with Crippen LogP contribution in [0.5, 0.6) is 0 Å². The number of esters is 1. The normalized spacial score (nSPS) is 10.5. The number of carbonyl (C=O) groups is 2. The van der Waals surface area contributed by atoms with E-state index in [0.717, 1.165) is 5.56 Å². The highest BCUT2D eigenvalue weighted by molar-refractivity contribution is 7.15. The first-order chi connectivity index (χ1) is 13.5. The van der Waals surface area contributed by atoms with Crippen molar-refractivity contribution in [3.8, 4) is 11.1 Å². The van der Waals surface area contributed by atoms with Crippen LogP contribution >= 0.6 is 22.9 Å². The number of rotatable bonds is 10. The summed E-state index contributed by atoms with van der Waals surface area (Å²) in [6.45, 7) is 10.7. The van der Waals surface area contributed by atoms with E-state index in [9.17, 15) is 9.59 Å². The van der Waals surface area contributed by atoms with Crippen LogP contribution in [0.4, 0.5) is 5.00 Å². The molecule has 1 aromatic carbocycles. The van der Waals surface area contributed by atoms with E-state index in [2.05, 4.69) is 18.5 Å². The molecule has 0 radical (unpaired) electrons. The summed E-state index contributed by atoms with van der Waals surface area (Å²) in [7, 11) is 0. The van der Waals surface area contributed by atoms with Crippen molar-refractivity contribution in [2.75, 3.05) is 31.6 Å². The first-order valence-corrected chi connectivity index (χ1v) is 10.0. The van der Waals surface area contributed by atoms with E-state index >= 15 is 0 Å². The van der Waals surface area contributed by atoms with Crippen LogP contribution in [-0.2, 0) is 9.53 Å². The highest BCUT2D eigenvalue weighted by atomic mass is 35.5. The molecule has 2 aromatic rings. The quantitative estimate of drug-likeness (QED) is 0.442. The van der Waals surface area contributed by atoms with Gasteiger partial charge in [-0.1, -0.05) is 35.9 Å². The largest absolute Gasteiger partial charge is 0.462 e. The molecule has 0 unspecified atom stereocenters. The number of amides is 1. The van der Waals surface area contributed by atoms with Crippen LogP contribution in [-0.4, -0.2) is 43.0 Å². The Morgan fingerprint density at radius 1 is 1.21 bits per heavy atom. The molecule has 0 aliphatic heterocycles. The summed E-state index contributed by atoms with van der Waals surface area (Å²) in [6, 6.07) is 7.16. The van der Waals surface area contributed by atoms with E-state index in [4.69, 9.17) is 16.3 Å². The third-order valence-corrected chi connectivity index (χ3v) is 4.97. The van der Waals surface area contributed by atoms with Crippen LogP contribution in [0.2, 0.25) is 5.02 Å². The Morgan fingerprint density at radius 2 is 1.86 bits per heavy atom. The Morgan fingerprint density at radius 3 is 2.43 bits per heavy atom. The number of anilines is 1. The first-order valence-electron chi connectivity index (χ1n) is 8.78. The smallest absolute Gasteiger partial charge is 0.341 e. The zero-order chi connectivity index (χ0) is 20.5. The minimum Gasteiger partial charge on any atom is -0.462 e. The molecule has 0 bridgehead atoms. The van der Waals surface area contributed by atoms with Crippen molar-refractivity contribution >= 4 is 39.8 Å². The maximum atomic E-state index is 12.6. The van der Waals surface area contributed by atoms with Gasteiger partial charge in [-0.2, -0.15) is 0 Å². The van der Waals surface area contributed by atoms with Gasteiger partial charge in [0.15, 0.2) is 0 Å². The average molecular weight is 419 g/mol. The maximum absolute atomic E-state index is 12.6. The summed E-state index contributed by atoms with van der Waals surface area (Å²) in [5.74, 6) is -0.697. The van der Waals surface area contributed by atoms with Gasteiger partial charge in [0.2, 0.25) is 5.91 Å². The summed E-state index contributed by atoms with van der Waals surface area (Å²) >= 11 is 7.25. The van der Waals surface area contributed by atoms with E-state index in [-0.39, 0.29) is 19.1 Å². The molecule has 5 nitrogen and oxygen atoms in total. The number of ether oxygens (including phenoxy) is 1. The average Bonchev–Trinajstić information content (AvgIpc) is 3.06. The molecule has 1 heterocycles. The van der Waals surface area contributed by atoms with Crippen molar-refractivity contribution < 1.29 is 14.3 Å². The second-order valence-corrected chi connectivity index (χ2v) is 7.22. The Bertz CT molecular complexity index is 836. The van der Waals surface area contributed by atoms with Crippen molar-refractivity contribution in [2.24, 2.45) is 0 Å². The minimum absolute atomic E-state index is 0.161. The standard InChI is InChI=1S/C21H23ClN2O3S/c1-4-11-24(12-5-2)13-18(25)23-20-19(21(26)27-6-3)17(14-28-20)15-7-9-16(22)10-8-15/h4-5,7-10,14H,1-2,6,11-13H2,3H3,(H,23,25). The second kappa shape index (κ2) is 10.8. The Balaban J connectivity index is 2.29. The predicted octanol–water partition coefficient (Wildman–Crippen LogP) is 4.86. The summed E-state index contributed by atoms with van der Waals surface area (Å²) < 4.78 is 5.21. The zero-order valence-corrected chi connectivity index (χ0v) is 17.3. The molecule has 28 heavy (non-hydrogen) atoms. The summed E-state index contributed by atoms with van der Waals surface area (Å²) in [5.41, 5.74) is 1.87. The van der Waals surface area contributed by atoms with Gasteiger partial charge >= 0.3 is 5.97 Å². The number of nitrogens with one attached hydrogen (secondary N) is 1. The van der Waals surface area contributed by atoms with Gasteiger partial charge < -0.3 is 10.1 Å². The Kier molecular flexibility index (Phi) is 8.44. The van der Waals surface area contributed by atoms with Crippen LogP contribution in [0.15, 0.2) is 55.0 Å². The van der Waals surface area contributed by atoms with E-state index in [1.165, 1.54) is 11.3 Å². The van der Waals surface area contributed by atoms with E-state index in [1.807, 2.05) is 22.4 Å². The first kappa shape index (κ1) is 21.9. The van der Waals surface area contributed by atoms with Crippen molar-refractivity contribution in [1.82, 2.24) is 4.90 Å². The van der Waals surface area contributed by atoms with E-state index in [0.29, 0.717) is 34.2 Å². The number of hydrogen-bond acceptors (Lipinski definition) is 5. The second-order valence-electron chi connectivity index (χ2n) is 5.90. The molecule has 0 aliphatic rings. The molecule has 148 valence electrons. The lowest BCUT2D eigenvalue weighted by Crippen LogP contribution is -2.33. The fourth-order valence-corrected chi connectivity index (χ4v) is 3.74. The van der Waals surface area contributed by atoms with Gasteiger partial charge in [0.05, 0.1) is 13.2 Å². The van der Waals surface area contributed by atoms with Crippen LogP contribution in [0.1, 0.15) is 17.3 Å². The fraction of sp³-hybridized carbons (Fsp3) is 0.238. The molecule has 0 spiro atoms. The van der Waals surface area contributed by atoms with E-state index < -0.39 is 5.97 Å². The fourth-order valence-electron chi connectivity index (χ4n) is 2.64. The Hall–Kier alpha value is -2.41. The molecule has 0 fully saturated rings. The summed E-state index contributed by atoms with van der Waals surface area (Å²) in [6.07, 6.45) is 3.45. The van der Waals surface area contributed by atoms with Crippen molar-refractivity contribution in [3.63, 3.8) is 0 Å². The molecule has 0 aliphatic carbocycles. The third-order valence-electron chi connectivity index (χ3n) is 3.82. The minimum atomic E-state index is -0.474. The number of halogens is 1. The van der Waals surface area contributed by atoms with Gasteiger partial charge in [-0.05, 0) is 24.6 Å². The molecule has 2 rings (SSSR count). The Labute approximate surface area is 174 Å². The third kappa shape index (κ3) is 5.79. The van der Waals surface area contributed by atoms with Crippen LogP contribution < -0.4 is 5.32 Å². The maximum Gasteiger partial charge on any atom is 0.341 e. The van der Waals surface area contributed by atoms with Crippen LogP contribution in [0.25, 0.3) is 11.1 Å². The molecule has 7 heteroatoms. The van der Waals surface area contributed by atoms with Gasteiger partial charge in [0, 0.05) is 29.1 Å².